The number of esters is 2. The zero-order valence-electron chi connectivity index (χ0n) is 18.5. The maximum atomic E-state index is 12.8. The molecular weight excluding hydrogens is 428 g/mol. The molecule has 174 valence electrons. The topological polar surface area (TPSA) is 119 Å². The Balaban J connectivity index is 1.27. The summed E-state index contributed by atoms with van der Waals surface area (Å²) in [6.45, 7) is 3.09. The van der Waals surface area contributed by atoms with Gasteiger partial charge in [0.1, 0.15) is 6.04 Å². The number of benzene rings is 1. The first-order valence-electron chi connectivity index (χ1n) is 11.1. The number of imide groups is 1. The molecular formula is C24H26N2O7. The van der Waals surface area contributed by atoms with E-state index in [4.69, 9.17) is 9.47 Å². The van der Waals surface area contributed by atoms with Crippen molar-refractivity contribution in [1.29, 1.82) is 0 Å². The Morgan fingerprint density at radius 3 is 2.21 bits per heavy atom. The molecule has 1 aromatic carbocycles. The summed E-state index contributed by atoms with van der Waals surface area (Å²) in [5, 5.41) is 2.56. The number of ether oxygens (including phenoxy) is 2. The molecule has 9 nitrogen and oxygen atoms in total. The second-order valence-corrected chi connectivity index (χ2v) is 8.59. The van der Waals surface area contributed by atoms with Gasteiger partial charge in [0.2, 0.25) is 11.8 Å². The van der Waals surface area contributed by atoms with E-state index < -0.39 is 42.3 Å². The molecule has 0 spiro atoms. The second-order valence-electron chi connectivity index (χ2n) is 8.59. The summed E-state index contributed by atoms with van der Waals surface area (Å²) in [5.74, 6) is -3.22. The maximum Gasteiger partial charge on any atom is 0.338 e. The van der Waals surface area contributed by atoms with Crippen molar-refractivity contribution in [3.05, 3.63) is 42.0 Å². The van der Waals surface area contributed by atoms with E-state index in [0.29, 0.717) is 17.9 Å². The van der Waals surface area contributed by atoms with E-state index in [9.17, 15) is 24.0 Å². The summed E-state index contributed by atoms with van der Waals surface area (Å²) in [7, 11) is 0. The lowest BCUT2D eigenvalue weighted by atomic mass is 9.85. The predicted octanol–water partition coefficient (Wildman–Crippen LogP) is 1.93. The largest absolute Gasteiger partial charge is 0.462 e. The van der Waals surface area contributed by atoms with E-state index in [1.807, 2.05) is 19.1 Å². The number of fused-ring (bicyclic) bond motifs is 5. The highest BCUT2D eigenvalue weighted by Gasteiger charge is 2.60. The lowest BCUT2D eigenvalue weighted by Gasteiger charge is -2.23. The lowest BCUT2D eigenvalue weighted by Crippen LogP contribution is -2.45. The van der Waals surface area contributed by atoms with E-state index in [2.05, 4.69) is 5.32 Å². The average molecular weight is 454 g/mol. The number of hydrogen-bond donors (Lipinski definition) is 1. The summed E-state index contributed by atoms with van der Waals surface area (Å²) in [6, 6.07) is 5.01. The Labute approximate surface area is 191 Å². The highest BCUT2D eigenvalue weighted by Crippen LogP contribution is 2.52. The minimum atomic E-state index is -1.10. The van der Waals surface area contributed by atoms with Crippen LogP contribution < -0.4 is 5.32 Å². The molecule has 2 fully saturated rings. The molecule has 33 heavy (non-hydrogen) atoms. The van der Waals surface area contributed by atoms with Crippen LogP contribution in [0.3, 0.4) is 0 Å². The molecule has 2 aliphatic carbocycles. The molecule has 0 aromatic heterocycles. The normalized spacial score (nSPS) is 25.7. The molecule has 1 saturated heterocycles. The molecule has 2 bridgehead atoms. The van der Waals surface area contributed by atoms with Crippen molar-refractivity contribution < 1.29 is 33.4 Å². The first kappa shape index (κ1) is 22.7. The zero-order chi connectivity index (χ0) is 23.7. The van der Waals surface area contributed by atoms with Gasteiger partial charge in [0.25, 0.3) is 5.91 Å². The van der Waals surface area contributed by atoms with Gasteiger partial charge in [-0.15, -0.1) is 0 Å². The van der Waals surface area contributed by atoms with Crippen LogP contribution in [0.25, 0.3) is 0 Å². The van der Waals surface area contributed by atoms with Crippen LogP contribution in [0.5, 0.6) is 0 Å². The monoisotopic (exact) mass is 454 g/mol. The molecule has 3 aliphatic rings. The molecule has 0 radical (unpaired) electrons. The molecule has 9 heteroatoms. The fraction of sp³-hybridized carbons (Fsp3) is 0.458. The quantitative estimate of drug-likeness (QED) is 0.362. The summed E-state index contributed by atoms with van der Waals surface area (Å²) in [4.78, 5) is 63.0. The Morgan fingerprint density at radius 2 is 1.64 bits per heavy atom. The molecule has 1 N–H and O–H groups in total. The summed E-state index contributed by atoms with van der Waals surface area (Å²) in [6.07, 6.45) is 5.49. The Hall–Kier alpha value is -3.49. The predicted molar refractivity (Wildman–Crippen MR) is 116 cm³/mol. The molecule has 3 amide bonds. The van der Waals surface area contributed by atoms with Crippen molar-refractivity contribution in [2.24, 2.45) is 23.7 Å². The molecule has 1 heterocycles. The summed E-state index contributed by atoms with van der Waals surface area (Å²) < 4.78 is 10.1. The molecule has 1 saturated carbocycles. The van der Waals surface area contributed by atoms with E-state index in [0.717, 1.165) is 17.7 Å². The van der Waals surface area contributed by atoms with Crippen molar-refractivity contribution >= 4 is 35.3 Å². The molecule has 1 aromatic rings. The van der Waals surface area contributed by atoms with Gasteiger partial charge < -0.3 is 14.8 Å². The van der Waals surface area contributed by atoms with Crippen LogP contribution >= 0.6 is 0 Å². The number of nitrogens with zero attached hydrogens (tertiary/aromatic N) is 1. The minimum absolute atomic E-state index is 0.0512. The third kappa shape index (κ3) is 4.27. The van der Waals surface area contributed by atoms with Crippen molar-refractivity contribution in [3.8, 4) is 0 Å². The number of carbonyl (C=O) groups is 5. The highest BCUT2D eigenvalue weighted by molar-refractivity contribution is 6.09. The van der Waals surface area contributed by atoms with Gasteiger partial charge in [-0.25, -0.2) is 9.59 Å². The first-order chi connectivity index (χ1) is 15.8. The Bertz CT molecular complexity index is 986. The summed E-state index contributed by atoms with van der Waals surface area (Å²) in [5.41, 5.74) is 0.770. The van der Waals surface area contributed by atoms with Gasteiger partial charge >= 0.3 is 11.9 Å². The fourth-order valence-corrected chi connectivity index (χ4v) is 4.83. The number of rotatable bonds is 8. The highest BCUT2D eigenvalue weighted by atomic mass is 16.5. The maximum absolute atomic E-state index is 12.8. The van der Waals surface area contributed by atoms with Gasteiger partial charge in [0, 0.05) is 5.69 Å². The third-order valence-corrected chi connectivity index (χ3v) is 6.42. The van der Waals surface area contributed by atoms with E-state index in [1.165, 1.54) is 31.2 Å². The van der Waals surface area contributed by atoms with E-state index in [1.54, 1.807) is 0 Å². The standard InChI is InChI=1S/C24H26N2O7/c1-3-10-32-24(31)14-6-8-17(9-7-14)25-18(27)12-33-23(30)13(2)26-21(28)19-15-4-5-16(11-15)20(19)22(26)29/h4-9,13,15-16,19-20H,3,10-12H2,1-2H3,(H,25,27)/t13-,15-,16-,19-,20+/m0/s1. The van der Waals surface area contributed by atoms with Gasteiger partial charge in [0.15, 0.2) is 6.61 Å². The van der Waals surface area contributed by atoms with Crippen LogP contribution in [-0.4, -0.2) is 53.8 Å². The van der Waals surface area contributed by atoms with Gasteiger partial charge in [-0.3, -0.25) is 19.3 Å². The number of anilines is 1. The van der Waals surface area contributed by atoms with Crippen molar-refractivity contribution in [3.63, 3.8) is 0 Å². The van der Waals surface area contributed by atoms with Crippen LogP contribution in [0.4, 0.5) is 5.69 Å². The van der Waals surface area contributed by atoms with Crippen molar-refractivity contribution in [1.82, 2.24) is 4.90 Å². The van der Waals surface area contributed by atoms with Gasteiger partial charge in [-0.2, -0.15) is 0 Å². The Morgan fingerprint density at radius 1 is 1.03 bits per heavy atom. The van der Waals surface area contributed by atoms with Crippen LogP contribution in [-0.2, 0) is 28.7 Å². The van der Waals surface area contributed by atoms with Crippen LogP contribution in [0, 0.1) is 23.7 Å². The van der Waals surface area contributed by atoms with E-state index >= 15 is 0 Å². The molecule has 0 unspecified atom stereocenters. The lowest BCUT2D eigenvalue weighted by molar-refractivity contribution is -0.159. The van der Waals surface area contributed by atoms with Gasteiger partial charge in [0.05, 0.1) is 24.0 Å². The number of hydrogen-bond acceptors (Lipinski definition) is 7. The number of likely N-dealkylation sites (tertiary alicyclic amines) is 1. The molecule has 5 atom stereocenters. The van der Waals surface area contributed by atoms with Gasteiger partial charge in [-0.05, 0) is 55.9 Å². The SMILES string of the molecule is CCCOC(=O)c1ccc(NC(=O)COC(=O)[C@H](C)N2C(=O)[C@@H]3[C@H](C2=O)[C@H]2C=C[C@H]3C2)cc1. The number of allylic oxidation sites excluding steroid dienone is 2. The summed E-state index contributed by atoms with van der Waals surface area (Å²) >= 11 is 0. The zero-order valence-corrected chi connectivity index (χ0v) is 18.5. The first-order valence-corrected chi connectivity index (χ1v) is 11.1. The van der Waals surface area contributed by atoms with Crippen LogP contribution in [0.2, 0.25) is 0 Å². The fourth-order valence-electron chi connectivity index (χ4n) is 4.83. The third-order valence-electron chi connectivity index (χ3n) is 6.42. The van der Waals surface area contributed by atoms with Gasteiger partial charge in [-0.1, -0.05) is 19.1 Å². The second kappa shape index (κ2) is 9.17. The molecule has 4 rings (SSSR count). The number of nitrogens with one attached hydrogen (secondary N) is 1. The molecule has 1 aliphatic heterocycles. The van der Waals surface area contributed by atoms with Crippen LogP contribution in [0.1, 0.15) is 37.0 Å². The van der Waals surface area contributed by atoms with E-state index in [-0.39, 0.29) is 23.7 Å². The van der Waals surface area contributed by atoms with Crippen molar-refractivity contribution in [2.75, 3.05) is 18.5 Å². The minimum Gasteiger partial charge on any atom is -0.462 e. The number of carbonyl (C=O) groups excluding carboxylic acids is 5. The average Bonchev–Trinajstić information content (AvgIpc) is 3.49. The number of amides is 3. The van der Waals surface area contributed by atoms with Crippen molar-refractivity contribution in [2.45, 2.75) is 32.7 Å². The Kier molecular flexibility index (Phi) is 6.31. The van der Waals surface area contributed by atoms with Crippen LogP contribution in [0.15, 0.2) is 36.4 Å². The smallest absolute Gasteiger partial charge is 0.338 e.